The molecule has 2 nitrogen and oxygen atoms in total. The zero-order valence-electron chi connectivity index (χ0n) is 14.4. The molecule has 0 spiro atoms. The molecular weight excluding hydrogens is 336 g/mol. The Morgan fingerprint density at radius 1 is 1.00 bits per heavy atom. The van der Waals surface area contributed by atoms with Crippen molar-refractivity contribution in [1.29, 1.82) is 0 Å². The van der Waals surface area contributed by atoms with E-state index in [4.69, 9.17) is 16.0 Å². The summed E-state index contributed by atoms with van der Waals surface area (Å²) in [5.74, 6) is 0. The standard InChI is InChI=1S/C20H23ClO2Si/c1-16(19(21)22)15-23-24(20(2,3)4,17-11-7-5-8-12-17)18-13-9-6-10-14-18/h5-14H,1,15H2,2-4H3. The lowest BCUT2D eigenvalue weighted by molar-refractivity contribution is -0.108. The van der Waals surface area contributed by atoms with E-state index in [9.17, 15) is 4.79 Å². The molecule has 0 amide bonds. The van der Waals surface area contributed by atoms with E-state index in [0.29, 0.717) is 0 Å². The molecule has 2 rings (SSSR count). The summed E-state index contributed by atoms with van der Waals surface area (Å²) >= 11 is 5.56. The first-order valence-corrected chi connectivity index (χ1v) is 10.2. The van der Waals surface area contributed by atoms with Crippen LogP contribution in [0.1, 0.15) is 20.8 Å². The zero-order valence-corrected chi connectivity index (χ0v) is 16.1. The summed E-state index contributed by atoms with van der Waals surface area (Å²) in [5, 5.41) is 1.65. The van der Waals surface area contributed by atoms with Crippen LogP contribution in [0.15, 0.2) is 72.8 Å². The molecule has 0 atom stereocenters. The predicted molar refractivity (Wildman–Crippen MR) is 104 cm³/mol. The van der Waals surface area contributed by atoms with Gasteiger partial charge in [-0.05, 0) is 27.0 Å². The van der Waals surface area contributed by atoms with Crippen LogP contribution in [0.3, 0.4) is 0 Å². The molecule has 0 fully saturated rings. The highest BCUT2D eigenvalue weighted by Crippen LogP contribution is 2.36. The fourth-order valence-electron chi connectivity index (χ4n) is 3.01. The Kier molecular flexibility index (Phi) is 5.81. The van der Waals surface area contributed by atoms with Crippen molar-refractivity contribution in [3.63, 3.8) is 0 Å². The fraction of sp³-hybridized carbons (Fsp3) is 0.250. The van der Waals surface area contributed by atoms with Crippen LogP contribution in [0.4, 0.5) is 0 Å². The Morgan fingerprint density at radius 2 is 1.42 bits per heavy atom. The Balaban J connectivity index is 2.61. The number of halogens is 1. The van der Waals surface area contributed by atoms with Crippen molar-refractivity contribution in [3.8, 4) is 0 Å². The van der Waals surface area contributed by atoms with Crippen molar-refractivity contribution >= 4 is 35.5 Å². The molecule has 0 radical (unpaired) electrons. The van der Waals surface area contributed by atoms with Crippen LogP contribution >= 0.6 is 11.6 Å². The van der Waals surface area contributed by atoms with Crippen LogP contribution in [-0.4, -0.2) is 20.2 Å². The lowest BCUT2D eigenvalue weighted by Gasteiger charge is -2.43. The van der Waals surface area contributed by atoms with Crippen LogP contribution in [0.25, 0.3) is 0 Å². The van der Waals surface area contributed by atoms with Gasteiger partial charge in [0.15, 0.2) is 0 Å². The van der Waals surface area contributed by atoms with Crippen molar-refractivity contribution in [2.45, 2.75) is 25.8 Å². The highest BCUT2D eigenvalue weighted by Gasteiger charge is 2.50. The third-order valence-electron chi connectivity index (χ3n) is 4.16. The number of hydrogen-bond donors (Lipinski definition) is 0. The lowest BCUT2D eigenvalue weighted by atomic mass is 10.2. The first-order valence-electron chi connectivity index (χ1n) is 7.91. The first kappa shape index (κ1) is 18.7. The quantitative estimate of drug-likeness (QED) is 0.445. The smallest absolute Gasteiger partial charge is 0.261 e. The maximum atomic E-state index is 11.4. The molecule has 4 heteroatoms. The summed E-state index contributed by atoms with van der Waals surface area (Å²) in [5.41, 5.74) is 0.282. The maximum Gasteiger partial charge on any atom is 0.261 e. The summed E-state index contributed by atoms with van der Waals surface area (Å²) in [4.78, 5) is 11.4. The van der Waals surface area contributed by atoms with Crippen molar-refractivity contribution in [3.05, 3.63) is 72.8 Å². The van der Waals surface area contributed by atoms with Crippen LogP contribution < -0.4 is 10.4 Å². The number of rotatable bonds is 6. The minimum absolute atomic E-state index is 0.134. The van der Waals surface area contributed by atoms with Gasteiger partial charge >= 0.3 is 0 Å². The topological polar surface area (TPSA) is 26.3 Å². The average Bonchev–Trinajstić information content (AvgIpc) is 2.56. The summed E-state index contributed by atoms with van der Waals surface area (Å²) in [6.07, 6.45) is 0. The van der Waals surface area contributed by atoms with Gasteiger partial charge in [0.25, 0.3) is 8.32 Å². The molecule has 2 aromatic rings. The lowest BCUT2D eigenvalue weighted by Crippen LogP contribution is -2.66. The highest BCUT2D eigenvalue weighted by molar-refractivity contribution is 6.99. The van der Waals surface area contributed by atoms with E-state index >= 15 is 0 Å². The molecule has 24 heavy (non-hydrogen) atoms. The van der Waals surface area contributed by atoms with Gasteiger partial charge in [-0.3, -0.25) is 4.79 Å². The maximum absolute atomic E-state index is 11.4. The van der Waals surface area contributed by atoms with Gasteiger partial charge in [-0.15, -0.1) is 0 Å². The van der Waals surface area contributed by atoms with E-state index in [2.05, 4.69) is 51.6 Å². The summed E-state index contributed by atoms with van der Waals surface area (Å²) in [6.45, 7) is 10.4. The predicted octanol–water partition coefficient (Wildman–Crippen LogP) is 3.88. The van der Waals surface area contributed by atoms with E-state index in [1.807, 2.05) is 36.4 Å². The van der Waals surface area contributed by atoms with Crippen LogP contribution in [0.2, 0.25) is 5.04 Å². The molecule has 2 aromatic carbocycles. The molecule has 0 unspecified atom stereocenters. The largest absolute Gasteiger partial charge is 0.403 e. The highest BCUT2D eigenvalue weighted by atomic mass is 35.5. The Bertz CT molecular complexity index is 666. The number of benzene rings is 2. The summed E-state index contributed by atoms with van der Waals surface area (Å²) in [6, 6.07) is 20.5. The molecule has 0 heterocycles. The second kappa shape index (κ2) is 7.47. The summed E-state index contributed by atoms with van der Waals surface area (Å²) in [7, 11) is -2.63. The van der Waals surface area contributed by atoms with Gasteiger partial charge in [0.2, 0.25) is 5.24 Å². The van der Waals surface area contributed by atoms with Crippen molar-refractivity contribution in [2.75, 3.05) is 6.61 Å². The van der Waals surface area contributed by atoms with Gasteiger partial charge in [-0.25, -0.2) is 0 Å². The molecule has 126 valence electrons. The summed E-state index contributed by atoms with van der Waals surface area (Å²) < 4.78 is 6.52. The number of carbonyl (C=O) groups is 1. The van der Waals surface area contributed by atoms with E-state index < -0.39 is 13.6 Å². The molecule has 0 bridgehead atoms. The molecule has 0 aliphatic rings. The van der Waals surface area contributed by atoms with Gasteiger partial charge in [0.05, 0.1) is 6.61 Å². The second-order valence-corrected chi connectivity index (χ2v) is 11.5. The average molecular weight is 359 g/mol. The Hall–Kier alpha value is -1.68. The Labute approximate surface area is 150 Å². The van der Waals surface area contributed by atoms with Gasteiger partial charge in [-0.1, -0.05) is 88.0 Å². The van der Waals surface area contributed by atoms with Gasteiger partial charge in [-0.2, -0.15) is 0 Å². The van der Waals surface area contributed by atoms with Gasteiger partial charge in [0.1, 0.15) is 0 Å². The third kappa shape index (κ3) is 3.69. The minimum atomic E-state index is -2.63. The molecule has 0 aromatic heterocycles. The SMILES string of the molecule is C=C(CO[Si](c1ccccc1)(c1ccccc1)C(C)(C)C)C(=O)Cl. The normalized spacial score (nSPS) is 12.0. The van der Waals surface area contributed by atoms with Crippen LogP contribution in [0, 0.1) is 0 Å². The molecule has 0 saturated carbocycles. The van der Waals surface area contributed by atoms with Crippen LogP contribution in [-0.2, 0) is 9.22 Å². The van der Waals surface area contributed by atoms with Crippen molar-refractivity contribution in [2.24, 2.45) is 0 Å². The monoisotopic (exact) mass is 358 g/mol. The van der Waals surface area contributed by atoms with Gasteiger partial charge in [0, 0.05) is 5.57 Å². The molecule has 0 saturated heterocycles. The van der Waals surface area contributed by atoms with E-state index in [0.717, 1.165) is 0 Å². The number of hydrogen-bond acceptors (Lipinski definition) is 2. The number of carbonyl (C=O) groups excluding carboxylic acids is 1. The zero-order chi connectivity index (χ0) is 17.8. The molecule has 0 aliphatic carbocycles. The van der Waals surface area contributed by atoms with E-state index in [1.165, 1.54) is 10.4 Å². The minimum Gasteiger partial charge on any atom is -0.403 e. The molecule has 0 aliphatic heterocycles. The van der Waals surface area contributed by atoms with Crippen molar-refractivity contribution < 1.29 is 9.22 Å². The van der Waals surface area contributed by atoms with Crippen LogP contribution in [0.5, 0.6) is 0 Å². The van der Waals surface area contributed by atoms with E-state index in [1.54, 1.807) is 0 Å². The fourth-order valence-corrected chi connectivity index (χ4v) is 7.61. The second-order valence-electron chi connectivity index (χ2n) is 6.83. The molecular formula is C20H23ClO2Si. The van der Waals surface area contributed by atoms with Crippen molar-refractivity contribution in [1.82, 2.24) is 0 Å². The van der Waals surface area contributed by atoms with Gasteiger partial charge < -0.3 is 4.43 Å². The van der Waals surface area contributed by atoms with E-state index in [-0.39, 0.29) is 17.2 Å². The molecule has 0 N–H and O–H groups in total. The third-order valence-corrected chi connectivity index (χ3v) is 9.41. The Morgan fingerprint density at radius 3 is 1.75 bits per heavy atom. The first-order chi connectivity index (χ1) is 11.3.